The lowest BCUT2D eigenvalue weighted by atomic mass is 10.2. The zero-order valence-corrected chi connectivity index (χ0v) is 9.73. The van der Waals surface area contributed by atoms with E-state index in [1.165, 1.54) is 0 Å². The van der Waals surface area contributed by atoms with Gasteiger partial charge >= 0.3 is 0 Å². The third-order valence-electron chi connectivity index (χ3n) is 2.90. The van der Waals surface area contributed by atoms with Gasteiger partial charge in [0.05, 0.1) is 0 Å². The van der Waals surface area contributed by atoms with E-state index in [1.807, 2.05) is 24.1 Å². The first-order valence-electron chi connectivity index (χ1n) is 5.60. The number of anilines is 1. The fraction of sp³-hybridized carbons (Fsp3) is 0.500. The van der Waals surface area contributed by atoms with Gasteiger partial charge in [0.2, 0.25) is 5.91 Å². The van der Waals surface area contributed by atoms with Crippen LogP contribution in [-0.4, -0.2) is 29.4 Å². The maximum atomic E-state index is 11.7. The molecule has 1 aliphatic heterocycles. The van der Waals surface area contributed by atoms with E-state index in [-0.39, 0.29) is 5.91 Å². The van der Waals surface area contributed by atoms with Crippen molar-refractivity contribution in [2.45, 2.75) is 19.9 Å². The fourth-order valence-corrected chi connectivity index (χ4v) is 2.12. The topological polar surface area (TPSA) is 45.2 Å². The molecule has 0 aliphatic carbocycles. The average Bonchev–Trinajstić information content (AvgIpc) is 2.58. The van der Waals surface area contributed by atoms with Crippen LogP contribution in [0.1, 0.15) is 18.9 Å². The number of aromatic nitrogens is 1. The highest BCUT2D eigenvalue weighted by Crippen LogP contribution is 2.21. The van der Waals surface area contributed by atoms with Gasteiger partial charge in [-0.1, -0.05) is 13.0 Å². The smallest absolute Gasteiger partial charge is 0.223 e. The maximum absolute atomic E-state index is 11.7. The Kier molecular flexibility index (Phi) is 3.08. The Balaban J connectivity index is 2.12. The van der Waals surface area contributed by atoms with Gasteiger partial charge in [0, 0.05) is 38.3 Å². The first-order valence-corrected chi connectivity index (χ1v) is 5.60. The Morgan fingerprint density at radius 2 is 2.44 bits per heavy atom. The Morgan fingerprint density at radius 1 is 1.62 bits per heavy atom. The summed E-state index contributed by atoms with van der Waals surface area (Å²) in [5.41, 5.74) is 1.08. The Morgan fingerprint density at radius 3 is 3.06 bits per heavy atom. The summed E-state index contributed by atoms with van der Waals surface area (Å²) in [6.07, 6.45) is 2.43. The van der Waals surface area contributed by atoms with Gasteiger partial charge < -0.3 is 10.2 Å². The van der Waals surface area contributed by atoms with E-state index in [0.717, 1.165) is 17.9 Å². The van der Waals surface area contributed by atoms with E-state index in [9.17, 15) is 4.79 Å². The summed E-state index contributed by atoms with van der Waals surface area (Å²) in [6.45, 7) is 3.63. The minimum atomic E-state index is 0.249. The second kappa shape index (κ2) is 4.51. The first-order chi connectivity index (χ1) is 7.70. The van der Waals surface area contributed by atoms with Crippen molar-refractivity contribution >= 4 is 11.7 Å². The van der Waals surface area contributed by atoms with Crippen molar-refractivity contribution in [3.63, 3.8) is 0 Å². The molecular weight excluding hydrogens is 202 g/mol. The van der Waals surface area contributed by atoms with Crippen molar-refractivity contribution in [3.8, 4) is 0 Å². The number of amides is 1. The highest BCUT2D eigenvalue weighted by Gasteiger charge is 2.26. The van der Waals surface area contributed by atoms with Crippen molar-refractivity contribution in [2.75, 3.05) is 18.9 Å². The molecule has 1 atom stereocenters. The minimum Gasteiger partial charge on any atom is -0.373 e. The molecule has 4 nitrogen and oxygen atoms in total. The molecule has 1 amide bonds. The number of hydrogen-bond acceptors (Lipinski definition) is 3. The van der Waals surface area contributed by atoms with Gasteiger partial charge in [-0.15, -0.1) is 0 Å². The molecule has 1 N–H and O–H groups in total. The molecule has 0 radical (unpaired) electrons. The lowest BCUT2D eigenvalue weighted by Gasteiger charge is -2.17. The van der Waals surface area contributed by atoms with Crippen LogP contribution in [-0.2, 0) is 11.3 Å². The number of carbonyl (C=O) groups excluding carboxylic acids is 1. The van der Waals surface area contributed by atoms with E-state index in [0.29, 0.717) is 18.9 Å². The predicted octanol–water partition coefficient (Wildman–Crippen LogP) is 1.49. The SMILES string of the molecule is CNc1ncccc1CN1CC(C)CC1=O. The highest BCUT2D eigenvalue weighted by atomic mass is 16.2. The summed E-state index contributed by atoms with van der Waals surface area (Å²) in [4.78, 5) is 17.8. The molecule has 0 aromatic carbocycles. The van der Waals surface area contributed by atoms with Crippen molar-refractivity contribution in [2.24, 2.45) is 5.92 Å². The molecular formula is C12H17N3O. The van der Waals surface area contributed by atoms with Gasteiger partial charge in [-0.25, -0.2) is 4.98 Å². The van der Waals surface area contributed by atoms with Crippen LogP contribution < -0.4 is 5.32 Å². The molecule has 0 bridgehead atoms. The van der Waals surface area contributed by atoms with Gasteiger partial charge in [0.1, 0.15) is 5.82 Å². The van der Waals surface area contributed by atoms with Crippen molar-refractivity contribution in [1.82, 2.24) is 9.88 Å². The number of likely N-dealkylation sites (tertiary alicyclic amines) is 1. The molecule has 4 heteroatoms. The summed E-state index contributed by atoms with van der Waals surface area (Å²) in [7, 11) is 1.85. The molecule has 0 saturated carbocycles. The monoisotopic (exact) mass is 219 g/mol. The van der Waals surface area contributed by atoms with Crippen molar-refractivity contribution in [3.05, 3.63) is 23.9 Å². The third kappa shape index (κ3) is 2.15. The largest absolute Gasteiger partial charge is 0.373 e. The summed E-state index contributed by atoms with van der Waals surface area (Å²) in [5.74, 6) is 1.58. The Hall–Kier alpha value is -1.58. The molecule has 1 unspecified atom stereocenters. The minimum absolute atomic E-state index is 0.249. The number of pyridine rings is 1. The Labute approximate surface area is 95.7 Å². The molecule has 1 aromatic heterocycles. The zero-order valence-electron chi connectivity index (χ0n) is 9.73. The van der Waals surface area contributed by atoms with Crippen LogP contribution in [0.25, 0.3) is 0 Å². The zero-order chi connectivity index (χ0) is 11.5. The van der Waals surface area contributed by atoms with Crippen LogP contribution in [0.5, 0.6) is 0 Å². The van der Waals surface area contributed by atoms with Crippen LogP contribution >= 0.6 is 0 Å². The predicted molar refractivity (Wildman–Crippen MR) is 63.0 cm³/mol. The Bertz CT molecular complexity index is 392. The van der Waals surface area contributed by atoms with Gasteiger partial charge in [-0.05, 0) is 12.0 Å². The molecule has 1 fully saturated rings. The van der Waals surface area contributed by atoms with E-state index in [2.05, 4.69) is 17.2 Å². The second-order valence-corrected chi connectivity index (χ2v) is 4.34. The van der Waals surface area contributed by atoms with Crippen LogP contribution in [0.3, 0.4) is 0 Å². The van der Waals surface area contributed by atoms with Gasteiger partial charge in [-0.3, -0.25) is 4.79 Å². The number of nitrogens with one attached hydrogen (secondary N) is 1. The molecule has 0 spiro atoms. The normalized spacial score (nSPS) is 20.2. The molecule has 86 valence electrons. The van der Waals surface area contributed by atoms with E-state index in [1.54, 1.807) is 6.20 Å². The van der Waals surface area contributed by atoms with Gasteiger partial charge in [0.25, 0.3) is 0 Å². The molecule has 1 aliphatic rings. The molecule has 2 rings (SSSR count). The van der Waals surface area contributed by atoms with Crippen LogP contribution in [0.15, 0.2) is 18.3 Å². The van der Waals surface area contributed by atoms with Gasteiger partial charge in [0.15, 0.2) is 0 Å². The molecule has 1 aromatic rings. The average molecular weight is 219 g/mol. The van der Waals surface area contributed by atoms with Crippen LogP contribution in [0, 0.1) is 5.92 Å². The quantitative estimate of drug-likeness (QED) is 0.837. The van der Waals surface area contributed by atoms with E-state index >= 15 is 0 Å². The number of hydrogen-bond donors (Lipinski definition) is 1. The standard InChI is InChI=1S/C12H17N3O/c1-9-6-11(16)15(7-9)8-10-4-3-5-14-12(10)13-2/h3-5,9H,6-8H2,1-2H3,(H,13,14). The molecule has 16 heavy (non-hydrogen) atoms. The molecule has 1 saturated heterocycles. The van der Waals surface area contributed by atoms with Crippen molar-refractivity contribution in [1.29, 1.82) is 0 Å². The fourth-order valence-electron chi connectivity index (χ4n) is 2.12. The summed E-state index contributed by atoms with van der Waals surface area (Å²) in [6, 6.07) is 3.91. The summed E-state index contributed by atoms with van der Waals surface area (Å²) in [5, 5.41) is 3.05. The summed E-state index contributed by atoms with van der Waals surface area (Å²) < 4.78 is 0. The number of carbonyl (C=O) groups is 1. The lowest BCUT2D eigenvalue weighted by molar-refractivity contribution is -0.128. The van der Waals surface area contributed by atoms with Crippen molar-refractivity contribution < 1.29 is 4.79 Å². The summed E-state index contributed by atoms with van der Waals surface area (Å²) >= 11 is 0. The number of rotatable bonds is 3. The highest BCUT2D eigenvalue weighted by molar-refractivity contribution is 5.78. The maximum Gasteiger partial charge on any atom is 0.223 e. The first kappa shape index (κ1) is 10.9. The lowest BCUT2D eigenvalue weighted by Crippen LogP contribution is -2.25. The van der Waals surface area contributed by atoms with Crippen LogP contribution in [0.4, 0.5) is 5.82 Å². The molecule has 2 heterocycles. The van der Waals surface area contributed by atoms with E-state index in [4.69, 9.17) is 0 Å². The van der Waals surface area contributed by atoms with Gasteiger partial charge in [-0.2, -0.15) is 0 Å². The third-order valence-corrected chi connectivity index (χ3v) is 2.90. The van der Waals surface area contributed by atoms with Crippen LogP contribution in [0.2, 0.25) is 0 Å². The second-order valence-electron chi connectivity index (χ2n) is 4.34. The van der Waals surface area contributed by atoms with E-state index < -0.39 is 0 Å². The number of nitrogens with zero attached hydrogens (tertiary/aromatic N) is 2.